The van der Waals surface area contributed by atoms with Gasteiger partial charge >= 0.3 is 5.97 Å². The molecule has 3 rings (SSSR count). The Kier molecular flexibility index (Phi) is 8.13. The molecule has 0 bridgehead atoms. The molecule has 1 aromatic heterocycles. The van der Waals surface area contributed by atoms with E-state index < -0.39 is 0 Å². The van der Waals surface area contributed by atoms with Crippen molar-refractivity contribution in [3.63, 3.8) is 0 Å². The van der Waals surface area contributed by atoms with Crippen molar-refractivity contribution in [2.75, 3.05) is 33.3 Å². The van der Waals surface area contributed by atoms with Crippen molar-refractivity contribution in [3.05, 3.63) is 46.7 Å². The minimum atomic E-state index is -0.262. The number of hydrogen-bond donors (Lipinski definition) is 0. The number of ether oxygens (including phenoxy) is 1. The summed E-state index contributed by atoms with van der Waals surface area (Å²) in [6.07, 6.45) is 2.70. The molecule has 0 atom stereocenters. The number of aromatic nitrogens is 2. The summed E-state index contributed by atoms with van der Waals surface area (Å²) >= 11 is 6.14. The molecule has 2 aromatic rings. The van der Waals surface area contributed by atoms with Crippen LogP contribution in [0, 0.1) is 5.92 Å². The number of amides is 2. The lowest BCUT2D eigenvalue weighted by Crippen LogP contribution is -2.45. The molecule has 1 aliphatic rings. The van der Waals surface area contributed by atoms with Crippen LogP contribution >= 0.6 is 11.6 Å². The number of carbonyl (C=O) groups excluding carboxylic acids is 3. The van der Waals surface area contributed by atoms with Crippen LogP contribution in [0.2, 0.25) is 5.02 Å². The number of piperidine rings is 1. The molecule has 0 aliphatic carbocycles. The fourth-order valence-corrected chi connectivity index (χ4v) is 4.28. The highest BCUT2D eigenvalue weighted by molar-refractivity contribution is 6.30. The van der Waals surface area contributed by atoms with Crippen LogP contribution in [0.25, 0.3) is 5.69 Å². The lowest BCUT2D eigenvalue weighted by Gasteiger charge is -2.32. The van der Waals surface area contributed by atoms with E-state index >= 15 is 0 Å². The molecule has 1 fully saturated rings. The first-order chi connectivity index (χ1) is 15.7. The fourth-order valence-electron chi connectivity index (χ4n) is 4.10. The van der Waals surface area contributed by atoms with Gasteiger partial charge < -0.3 is 14.5 Å². The van der Waals surface area contributed by atoms with Crippen molar-refractivity contribution >= 4 is 29.4 Å². The molecular weight excluding hydrogens is 444 g/mol. The third-order valence-corrected chi connectivity index (χ3v) is 6.06. The summed E-state index contributed by atoms with van der Waals surface area (Å²) in [4.78, 5) is 41.1. The number of carbonyl (C=O) groups is 3. The molecule has 8 nitrogen and oxygen atoms in total. The Morgan fingerprint density at radius 1 is 1.24 bits per heavy atom. The van der Waals surface area contributed by atoms with Crippen LogP contribution in [0.15, 0.2) is 30.5 Å². The van der Waals surface area contributed by atoms with Gasteiger partial charge in [0.1, 0.15) is 0 Å². The zero-order valence-electron chi connectivity index (χ0n) is 19.6. The monoisotopic (exact) mass is 474 g/mol. The number of halogens is 1. The lowest BCUT2D eigenvalue weighted by atomic mass is 9.97. The summed E-state index contributed by atoms with van der Waals surface area (Å²) in [6, 6.07) is 7.29. The van der Waals surface area contributed by atoms with Crippen molar-refractivity contribution in [3.8, 4) is 5.69 Å². The summed E-state index contributed by atoms with van der Waals surface area (Å²) in [5, 5.41) is 5.02. The molecule has 33 heavy (non-hydrogen) atoms. The molecule has 0 unspecified atom stereocenters. The van der Waals surface area contributed by atoms with Gasteiger partial charge in [-0.1, -0.05) is 31.5 Å². The average Bonchev–Trinajstić information content (AvgIpc) is 3.24. The first-order valence-corrected chi connectivity index (χ1v) is 11.6. The molecule has 9 heteroatoms. The average molecular weight is 475 g/mol. The van der Waals surface area contributed by atoms with E-state index in [0.29, 0.717) is 43.1 Å². The lowest BCUT2D eigenvalue weighted by molar-refractivity contribution is -0.151. The van der Waals surface area contributed by atoms with Gasteiger partial charge in [0.2, 0.25) is 5.91 Å². The van der Waals surface area contributed by atoms with E-state index in [-0.39, 0.29) is 36.2 Å². The topological polar surface area (TPSA) is 84.7 Å². The zero-order chi connectivity index (χ0) is 24.1. The number of esters is 1. The Balaban J connectivity index is 1.68. The number of rotatable bonds is 7. The fraction of sp³-hybridized carbons (Fsp3) is 0.500. The Hall–Kier alpha value is -2.87. The maximum absolute atomic E-state index is 13.2. The summed E-state index contributed by atoms with van der Waals surface area (Å²) in [6.45, 7) is 7.05. The molecule has 0 N–H and O–H groups in total. The number of nitrogens with zero attached hydrogens (tertiary/aromatic N) is 4. The highest BCUT2D eigenvalue weighted by Crippen LogP contribution is 2.25. The normalized spacial score (nSPS) is 14.4. The molecular formula is C24H31ClN4O4. The number of likely N-dealkylation sites (N-methyl/N-ethyl adjacent to an activating group) is 1. The Morgan fingerprint density at radius 3 is 2.55 bits per heavy atom. The van der Waals surface area contributed by atoms with Crippen molar-refractivity contribution in [2.45, 2.75) is 39.5 Å². The van der Waals surface area contributed by atoms with Gasteiger partial charge in [-0.25, -0.2) is 4.68 Å². The second-order valence-corrected chi connectivity index (χ2v) is 8.99. The van der Waals surface area contributed by atoms with Crippen LogP contribution in [0.3, 0.4) is 0 Å². The van der Waals surface area contributed by atoms with E-state index in [1.165, 1.54) is 4.90 Å². The first-order valence-electron chi connectivity index (χ1n) is 11.3. The molecule has 0 radical (unpaired) electrons. The van der Waals surface area contributed by atoms with E-state index in [0.717, 1.165) is 11.4 Å². The highest BCUT2D eigenvalue weighted by Gasteiger charge is 2.30. The maximum Gasteiger partial charge on any atom is 0.309 e. The molecule has 1 aromatic carbocycles. The third-order valence-electron chi connectivity index (χ3n) is 5.82. The minimum Gasteiger partial charge on any atom is -0.466 e. The smallest absolute Gasteiger partial charge is 0.309 e. The maximum atomic E-state index is 13.2. The number of likely N-dealkylation sites (tertiary alicyclic amines) is 1. The van der Waals surface area contributed by atoms with Crippen molar-refractivity contribution in [1.29, 1.82) is 0 Å². The van der Waals surface area contributed by atoms with Gasteiger partial charge in [-0.05, 0) is 43.9 Å². The van der Waals surface area contributed by atoms with Gasteiger partial charge in [0.25, 0.3) is 5.91 Å². The van der Waals surface area contributed by atoms with E-state index in [4.69, 9.17) is 16.3 Å². The third kappa shape index (κ3) is 5.74. The van der Waals surface area contributed by atoms with E-state index in [2.05, 4.69) is 5.10 Å². The molecule has 1 aliphatic heterocycles. The summed E-state index contributed by atoms with van der Waals surface area (Å²) in [5.74, 6) is -0.742. The number of benzene rings is 1. The van der Waals surface area contributed by atoms with E-state index in [1.807, 2.05) is 26.0 Å². The van der Waals surface area contributed by atoms with Crippen LogP contribution in [-0.2, 0) is 14.3 Å². The zero-order valence-corrected chi connectivity index (χ0v) is 20.3. The van der Waals surface area contributed by atoms with E-state index in [9.17, 15) is 14.4 Å². The largest absolute Gasteiger partial charge is 0.466 e. The van der Waals surface area contributed by atoms with Crippen LogP contribution < -0.4 is 0 Å². The van der Waals surface area contributed by atoms with Crippen LogP contribution in [0.5, 0.6) is 0 Å². The van der Waals surface area contributed by atoms with Crippen LogP contribution in [0.1, 0.15) is 55.6 Å². The second-order valence-electron chi connectivity index (χ2n) is 8.56. The van der Waals surface area contributed by atoms with Crippen molar-refractivity contribution in [2.24, 2.45) is 5.92 Å². The van der Waals surface area contributed by atoms with Crippen molar-refractivity contribution < 1.29 is 19.1 Å². The van der Waals surface area contributed by atoms with Gasteiger partial charge in [-0.3, -0.25) is 14.4 Å². The highest BCUT2D eigenvalue weighted by atomic mass is 35.5. The van der Waals surface area contributed by atoms with Crippen LogP contribution in [-0.4, -0.2) is 70.7 Å². The van der Waals surface area contributed by atoms with E-state index in [1.54, 1.807) is 41.9 Å². The molecule has 0 saturated carbocycles. The molecule has 2 heterocycles. The molecule has 178 valence electrons. The molecule has 0 spiro atoms. The van der Waals surface area contributed by atoms with Crippen molar-refractivity contribution in [1.82, 2.24) is 19.6 Å². The Labute approximate surface area is 199 Å². The first kappa shape index (κ1) is 24.8. The SMILES string of the molecule is CCOC(=O)C1CCN(C(=O)CN(C)C(=O)c2cnn(-c3cccc(Cl)c3)c2C(C)C)CC1. The predicted octanol–water partition coefficient (Wildman–Crippen LogP) is 3.52. The van der Waals surface area contributed by atoms with Gasteiger partial charge in [-0.2, -0.15) is 5.10 Å². The predicted molar refractivity (Wildman–Crippen MR) is 126 cm³/mol. The summed E-state index contributed by atoms with van der Waals surface area (Å²) in [5.41, 5.74) is 1.99. The van der Waals surface area contributed by atoms with Gasteiger partial charge in [0, 0.05) is 25.2 Å². The van der Waals surface area contributed by atoms with Gasteiger partial charge in [0.05, 0.1) is 42.2 Å². The standard InChI is InChI=1S/C24H31ClN4O4/c1-5-33-24(32)17-9-11-28(12-10-17)21(30)15-27(4)23(31)20-14-26-29(22(20)16(2)3)19-8-6-7-18(25)13-19/h6-8,13-14,16-17H,5,9-12,15H2,1-4H3. The molecule has 2 amide bonds. The van der Waals surface area contributed by atoms with Gasteiger partial charge in [0.15, 0.2) is 0 Å². The quantitative estimate of drug-likeness (QED) is 0.573. The second kappa shape index (κ2) is 10.8. The minimum absolute atomic E-state index is 0.0245. The Bertz CT molecular complexity index is 1010. The van der Waals surface area contributed by atoms with Gasteiger partial charge in [-0.15, -0.1) is 0 Å². The number of hydrogen-bond acceptors (Lipinski definition) is 5. The van der Waals surface area contributed by atoms with Crippen LogP contribution in [0.4, 0.5) is 0 Å². The Morgan fingerprint density at radius 2 is 1.94 bits per heavy atom. The summed E-state index contributed by atoms with van der Waals surface area (Å²) in [7, 11) is 1.62. The molecule has 1 saturated heterocycles. The summed E-state index contributed by atoms with van der Waals surface area (Å²) < 4.78 is 6.80.